The molecule has 6 nitrogen and oxygen atoms in total. The maximum Gasteiger partial charge on any atom is 0.337 e. The third kappa shape index (κ3) is 3.59. The predicted octanol–water partition coefficient (Wildman–Crippen LogP) is 2.82. The first-order valence-electron chi connectivity index (χ1n) is 5.46. The number of hydrogen-bond acceptors (Lipinski definition) is 3. The monoisotopic (exact) mass is 502 g/mol. The molecule has 0 bridgehead atoms. The van der Waals surface area contributed by atoms with Crippen molar-refractivity contribution in [2.45, 2.75) is 20.8 Å². The van der Waals surface area contributed by atoms with Crippen molar-refractivity contribution < 1.29 is 19.5 Å². The first-order valence-corrected chi connectivity index (χ1v) is 7.62. The second kappa shape index (κ2) is 6.70. The molecular weight excluding hydrogens is 490 g/mol. The Morgan fingerprint density at radius 1 is 0.950 bits per heavy atom. The minimum atomic E-state index is -1.11. The molecule has 20 heavy (non-hydrogen) atoms. The summed E-state index contributed by atoms with van der Waals surface area (Å²) in [5.41, 5.74) is 1.32. The standard InChI is InChI=1S/C12H12I2N2O4/c1-4-7(12(19)20)8(13)11(16-6(3)18)9(14)10(4)15-5(2)17/h1-3H3,(H,15,17)(H,16,18)(H,19,20). The average Bonchev–Trinajstić information content (AvgIpc) is 2.29. The van der Waals surface area contributed by atoms with Crippen molar-refractivity contribution in [3.8, 4) is 0 Å². The van der Waals surface area contributed by atoms with E-state index in [2.05, 4.69) is 10.6 Å². The number of carbonyl (C=O) groups is 3. The molecule has 0 aliphatic rings. The smallest absolute Gasteiger partial charge is 0.337 e. The number of halogens is 2. The van der Waals surface area contributed by atoms with Gasteiger partial charge in [-0.3, -0.25) is 9.59 Å². The van der Waals surface area contributed by atoms with Crippen LogP contribution in [0.2, 0.25) is 0 Å². The van der Waals surface area contributed by atoms with Gasteiger partial charge in [-0.05, 0) is 57.7 Å². The average molecular weight is 502 g/mol. The first kappa shape index (κ1) is 17.1. The molecule has 0 unspecified atom stereocenters. The summed E-state index contributed by atoms with van der Waals surface area (Å²) in [5.74, 6) is -1.73. The molecule has 1 rings (SSSR count). The number of benzene rings is 1. The van der Waals surface area contributed by atoms with E-state index in [4.69, 9.17) is 0 Å². The summed E-state index contributed by atoms with van der Waals surface area (Å²) in [6.07, 6.45) is 0. The minimum absolute atomic E-state index is 0.0681. The third-order valence-electron chi connectivity index (χ3n) is 2.44. The van der Waals surface area contributed by atoms with Gasteiger partial charge in [0.2, 0.25) is 11.8 Å². The van der Waals surface area contributed by atoms with E-state index >= 15 is 0 Å². The Morgan fingerprint density at radius 3 is 1.80 bits per heavy atom. The highest BCUT2D eigenvalue weighted by Crippen LogP contribution is 2.37. The number of carbonyl (C=O) groups excluding carboxylic acids is 2. The Balaban J connectivity index is 3.68. The lowest BCUT2D eigenvalue weighted by molar-refractivity contribution is -0.115. The summed E-state index contributed by atoms with van der Waals surface area (Å²) in [4.78, 5) is 33.9. The van der Waals surface area contributed by atoms with Crippen molar-refractivity contribution in [1.82, 2.24) is 0 Å². The van der Waals surface area contributed by atoms with Gasteiger partial charge in [-0.1, -0.05) is 0 Å². The van der Waals surface area contributed by atoms with Crippen LogP contribution in [-0.2, 0) is 9.59 Å². The molecule has 8 heteroatoms. The maximum atomic E-state index is 11.4. The van der Waals surface area contributed by atoms with Gasteiger partial charge in [0.25, 0.3) is 0 Å². The summed E-state index contributed by atoms with van der Waals surface area (Å²) < 4.78 is 1.03. The Labute approximate surface area is 143 Å². The highest BCUT2D eigenvalue weighted by molar-refractivity contribution is 14.1. The second-order valence-corrected chi connectivity index (χ2v) is 6.20. The molecule has 0 aliphatic heterocycles. The fraction of sp³-hybridized carbons (Fsp3) is 0.250. The van der Waals surface area contributed by atoms with Crippen LogP contribution in [0.1, 0.15) is 29.8 Å². The van der Waals surface area contributed by atoms with Crippen LogP contribution >= 0.6 is 45.2 Å². The van der Waals surface area contributed by atoms with Crippen LogP contribution in [-0.4, -0.2) is 22.9 Å². The molecular formula is C12H12I2N2O4. The predicted molar refractivity (Wildman–Crippen MR) is 92.2 cm³/mol. The van der Waals surface area contributed by atoms with E-state index in [0.29, 0.717) is 24.1 Å². The van der Waals surface area contributed by atoms with Crippen LogP contribution in [0.5, 0.6) is 0 Å². The van der Waals surface area contributed by atoms with Gasteiger partial charge in [-0.2, -0.15) is 0 Å². The number of anilines is 2. The molecule has 0 atom stereocenters. The van der Waals surface area contributed by atoms with Gasteiger partial charge in [0, 0.05) is 13.8 Å². The molecule has 0 aromatic heterocycles. The van der Waals surface area contributed by atoms with Crippen LogP contribution in [0.4, 0.5) is 11.4 Å². The van der Waals surface area contributed by atoms with Crippen LogP contribution in [0.25, 0.3) is 0 Å². The quantitative estimate of drug-likeness (QED) is 0.555. The van der Waals surface area contributed by atoms with Crippen molar-refractivity contribution in [1.29, 1.82) is 0 Å². The van der Waals surface area contributed by atoms with E-state index in [1.165, 1.54) is 13.8 Å². The van der Waals surface area contributed by atoms with E-state index in [-0.39, 0.29) is 17.4 Å². The number of aromatic carboxylic acids is 1. The van der Waals surface area contributed by atoms with Gasteiger partial charge in [0.05, 0.1) is 24.1 Å². The zero-order valence-electron chi connectivity index (χ0n) is 10.9. The summed E-state index contributed by atoms with van der Waals surface area (Å²) in [5, 5.41) is 14.5. The van der Waals surface area contributed by atoms with Gasteiger partial charge in [0.15, 0.2) is 0 Å². The minimum Gasteiger partial charge on any atom is -0.478 e. The Hall–Kier alpha value is -0.910. The van der Waals surface area contributed by atoms with E-state index < -0.39 is 5.97 Å². The fourth-order valence-electron chi connectivity index (χ4n) is 1.67. The number of hydrogen-bond donors (Lipinski definition) is 3. The number of carboxylic acids is 1. The highest BCUT2D eigenvalue weighted by atomic mass is 127. The second-order valence-electron chi connectivity index (χ2n) is 4.05. The SMILES string of the molecule is CC(=O)Nc1c(C)c(C(=O)O)c(I)c(NC(C)=O)c1I. The number of carboxylic acid groups (broad SMARTS) is 1. The largest absolute Gasteiger partial charge is 0.478 e. The van der Waals surface area contributed by atoms with Crippen LogP contribution in [0, 0.1) is 14.1 Å². The van der Waals surface area contributed by atoms with E-state index in [1.54, 1.807) is 6.92 Å². The number of nitrogens with one attached hydrogen (secondary N) is 2. The lowest BCUT2D eigenvalue weighted by atomic mass is 10.0. The molecule has 0 spiro atoms. The third-order valence-corrected chi connectivity index (χ3v) is 4.60. The van der Waals surface area contributed by atoms with Crippen LogP contribution in [0.3, 0.4) is 0 Å². The zero-order chi connectivity index (χ0) is 15.6. The Bertz CT molecular complexity index is 571. The molecule has 0 saturated carbocycles. The molecule has 3 N–H and O–H groups in total. The summed E-state index contributed by atoms with van der Waals surface area (Å²) in [6, 6.07) is 0. The maximum absolute atomic E-state index is 11.4. The molecule has 2 amide bonds. The summed E-state index contributed by atoms with van der Waals surface area (Å²) in [7, 11) is 0. The number of rotatable bonds is 3. The highest BCUT2D eigenvalue weighted by Gasteiger charge is 2.24. The first-order chi connectivity index (χ1) is 9.16. The normalized spacial score (nSPS) is 10.1. The van der Waals surface area contributed by atoms with Crippen molar-refractivity contribution in [2.75, 3.05) is 10.6 Å². The van der Waals surface area contributed by atoms with Crippen molar-refractivity contribution in [2.24, 2.45) is 0 Å². The van der Waals surface area contributed by atoms with E-state index in [1.807, 2.05) is 45.2 Å². The van der Waals surface area contributed by atoms with Crippen molar-refractivity contribution in [3.63, 3.8) is 0 Å². The molecule has 1 aromatic carbocycles. The van der Waals surface area contributed by atoms with Crippen LogP contribution in [0.15, 0.2) is 0 Å². The Morgan fingerprint density at radius 2 is 1.40 bits per heavy atom. The summed E-state index contributed by atoms with van der Waals surface area (Å²) >= 11 is 3.85. The molecule has 0 saturated heterocycles. The van der Waals surface area contributed by atoms with E-state index in [9.17, 15) is 19.5 Å². The fourth-order valence-corrected chi connectivity index (χ4v) is 4.17. The van der Waals surface area contributed by atoms with Gasteiger partial charge in [-0.25, -0.2) is 4.79 Å². The van der Waals surface area contributed by atoms with Crippen LogP contribution < -0.4 is 10.6 Å². The molecule has 0 aliphatic carbocycles. The lowest BCUT2D eigenvalue weighted by Crippen LogP contribution is -2.17. The number of amides is 2. The van der Waals surface area contributed by atoms with Gasteiger partial charge < -0.3 is 15.7 Å². The van der Waals surface area contributed by atoms with E-state index in [0.717, 1.165) is 0 Å². The van der Waals surface area contributed by atoms with Gasteiger partial charge >= 0.3 is 5.97 Å². The topological polar surface area (TPSA) is 95.5 Å². The Kier molecular flexibility index (Phi) is 5.74. The lowest BCUT2D eigenvalue weighted by Gasteiger charge is -2.18. The molecule has 0 heterocycles. The van der Waals surface area contributed by atoms with Crippen molar-refractivity contribution >= 4 is 74.3 Å². The van der Waals surface area contributed by atoms with Gasteiger partial charge in [-0.15, -0.1) is 0 Å². The zero-order valence-corrected chi connectivity index (χ0v) is 15.2. The molecule has 108 valence electrons. The molecule has 0 radical (unpaired) electrons. The van der Waals surface area contributed by atoms with Crippen molar-refractivity contribution in [3.05, 3.63) is 18.3 Å². The molecule has 1 aromatic rings. The van der Waals surface area contributed by atoms with Gasteiger partial charge in [0.1, 0.15) is 0 Å². The summed E-state index contributed by atoms with van der Waals surface area (Å²) in [6.45, 7) is 4.30. The molecule has 0 fully saturated rings.